The minimum atomic E-state index is -1.07. The summed E-state index contributed by atoms with van der Waals surface area (Å²) in [6.07, 6.45) is 4.99. The van der Waals surface area contributed by atoms with Crippen LogP contribution >= 0.6 is 23.2 Å². The van der Waals surface area contributed by atoms with Crippen LogP contribution in [0.4, 0.5) is 5.69 Å². The molecular weight excluding hydrogens is 473 g/mol. The van der Waals surface area contributed by atoms with Crippen LogP contribution in [0.25, 0.3) is 11.1 Å². The second kappa shape index (κ2) is 9.68. The molecule has 174 valence electrons. The van der Waals surface area contributed by atoms with Crippen molar-refractivity contribution in [1.29, 1.82) is 0 Å². The molecule has 1 aliphatic heterocycles. The normalized spacial score (nSPS) is 19.9. The fraction of sp³-hybridized carbons (Fsp3) is 0.192. The molecule has 1 aromatic heterocycles. The summed E-state index contributed by atoms with van der Waals surface area (Å²) in [6.45, 7) is 1.08. The molecule has 34 heavy (non-hydrogen) atoms. The number of hydrogen-bond acceptors (Lipinski definition) is 5. The van der Waals surface area contributed by atoms with Gasteiger partial charge in [-0.1, -0.05) is 53.5 Å². The lowest BCUT2D eigenvalue weighted by molar-refractivity contribution is -0.189. The number of nitrogen functional groups attached to an aromatic ring is 1. The molecule has 4 aromatic rings. The summed E-state index contributed by atoms with van der Waals surface area (Å²) < 4.78 is 20.5. The zero-order chi connectivity index (χ0) is 23.5. The van der Waals surface area contributed by atoms with Gasteiger partial charge < -0.3 is 24.5 Å². The van der Waals surface area contributed by atoms with E-state index in [1.165, 1.54) is 0 Å². The Bertz CT molecular complexity index is 1250. The average molecular weight is 496 g/mol. The van der Waals surface area contributed by atoms with E-state index in [1.807, 2.05) is 65.4 Å². The van der Waals surface area contributed by atoms with Crippen LogP contribution in [0.5, 0.6) is 5.75 Å². The van der Waals surface area contributed by atoms with Crippen molar-refractivity contribution >= 4 is 28.9 Å². The molecule has 5 rings (SSSR count). The molecular formula is C26H23Cl2N3O3. The van der Waals surface area contributed by atoms with Gasteiger partial charge in [-0.2, -0.15) is 0 Å². The van der Waals surface area contributed by atoms with Crippen molar-refractivity contribution in [3.63, 3.8) is 0 Å². The number of nitrogens with two attached hydrogens (primary N) is 1. The summed E-state index contributed by atoms with van der Waals surface area (Å²) in [5.41, 5.74) is 9.41. The molecule has 0 aliphatic carbocycles. The van der Waals surface area contributed by atoms with E-state index in [4.69, 9.17) is 43.1 Å². The third-order valence-corrected chi connectivity index (χ3v) is 6.23. The Morgan fingerprint density at radius 3 is 2.44 bits per heavy atom. The topological polar surface area (TPSA) is 71.5 Å². The van der Waals surface area contributed by atoms with Gasteiger partial charge in [0.05, 0.1) is 24.5 Å². The second-order valence-electron chi connectivity index (χ2n) is 8.12. The van der Waals surface area contributed by atoms with Crippen molar-refractivity contribution in [3.05, 3.63) is 101 Å². The predicted molar refractivity (Wildman–Crippen MR) is 133 cm³/mol. The number of rotatable bonds is 7. The zero-order valence-corrected chi connectivity index (χ0v) is 19.7. The highest BCUT2D eigenvalue weighted by atomic mass is 35.5. The number of nitrogens with zero attached hydrogens (tertiary/aromatic N) is 2. The third kappa shape index (κ3) is 4.91. The lowest BCUT2D eigenvalue weighted by Gasteiger charge is -2.30. The first-order valence-corrected chi connectivity index (χ1v) is 11.6. The van der Waals surface area contributed by atoms with E-state index in [0.717, 1.165) is 22.6 Å². The molecule has 0 unspecified atom stereocenters. The van der Waals surface area contributed by atoms with Crippen LogP contribution < -0.4 is 10.5 Å². The van der Waals surface area contributed by atoms with Crippen molar-refractivity contribution in [1.82, 2.24) is 9.55 Å². The van der Waals surface area contributed by atoms with Crippen LogP contribution in [0.3, 0.4) is 0 Å². The molecule has 2 N–H and O–H groups in total. The first-order chi connectivity index (χ1) is 16.5. The van der Waals surface area contributed by atoms with Crippen molar-refractivity contribution in [3.8, 4) is 16.9 Å². The second-order valence-corrected chi connectivity index (χ2v) is 8.96. The molecule has 0 spiro atoms. The molecule has 2 atom stereocenters. The average Bonchev–Trinajstić information content (AvgIpc) is 3.49. The Labute approximate surface area is 207 Å². The van der Waals surface area contributed by atoms with E-state index >= 15 is 0 Å². The summed E-state index contributed by atoms with van der Waals surface area (Å²) >= 11 is 12.6. The van der Waals surface area contributed by atoms with Gasteiger partial charge in [0.25, 0.3) is 0 Å². The molecule has 1 fully saturated rings. The number of anilines is 1. The molecule has 0 bridgehead atoms. The summed E-state index contributed by atoms with van der Waals surface area (Å²) in [4.78, 5) is 4.12. The minimum Gasteiger partial charge on any atom is -0.491 e. The molecule has 8 heteroatoms. The highest BCUT2D eigenvalue weighted by Crippen LogP contribution is 2.40. The van der Waals surface area contributed by atoms with Gasteiger partial charge in [-0.05, 0) is 47.5 Å². The van der Waals surface area contributed by atoms with E-state index < -0.39 is 5.79 Å². The molecule has 3 aromatic carbocycles. The Morgan fingerprint density at radius 2 is 1.76 bits per heavy atom. The number of halogens is 2. The third-order valence-electron chi connectivity index (χ3n) is 5.69. The van der Waals surface area contributed by atoms with E-state index in [1.54, 1.807) is 24.7 Å². The number of ether oxygens (including phenoxy) is 3. The van der Waals surface area contributed by atoms with Crippen LogP contribution in [0.1, 0.15) is 5.56 Å². The summed E-state index contributed by atoms with van der Waals surface area (Å²) in [5, 5.41) is 1.03. The van der Waals surface area contributed by atoms with E-state index in [2.05, 4.69) is 4.98 Å². The number of imidazole rings is 1. The molecule has 0 radical (unpaired) electrons. The van der Waals surface area contributed by atoms with Crippen molar-refractivity contribution < 1.29 is 14.2 Å². The molecule has 2 heterocycles. The van der Waals surface area contributed by atoms with Crippen LogP contribution in [-0.4, -0.2) is 28.9 Å². The number of aromatic nitrogens is 2. The van der Waals surface area contributed by atoms with Crippen molar-refractivity contribution in [2.24, 2.45) is 0 Å². The Kier molecular flexibility index (Phi) is 6.48. The highest BCUT2D eigenvalue weighted by molar-refractivity contribution is 6.35. The van der Waals surface area contributed by atoms with E-state index in [9.17, 15) is 0 Å². The first kappa shape index (κ1) is 22.7. The van der Waals surface area contributed by atoms with Gasteiger partial charge in [-0.25, -0.2) is 4.98 Å². The van der Waals surface area contributed by atoms with Gasteiger partial charge in [0.1, 0.15) is 18.5 Å². The fourth-order valence-electron chi connectivity index (χ4n) is 3.98. The fourth-order valence-corrected chi connectivity index (χ4v) is 4.54. The minimum absolute atomic E-state index is 0.285. The molecule has 0 saturated carbocycles. The van der Waals surface area contributed by atoms with E-state index in [-0.39, 0.29) is 6.10 Å². The van der Waals surface area contributed by atoms with Crippen LogP contribution in [-0.2, 0) is 21.8 Å². The van der Waals surface area contributed by atoms with Gasteiger partial charge in [0.2, 0.25) is 5.79 Å². The quantitative estimate of drug-likeness (QED) is 0.328. The maximum atomic E-state index is 6.53. The number of benzene rings is 3. The summed E-state index contributed by atoms with van der Waals surface area (Å²) in [5.74, 6) is -0.325. The van der Waals surface area contributed by atoms with Gasteiger partial charge in [-0.15, -0.1) is 0 Å². The van der Waals surface area contributed by atoms with E-state index in [0.29, 0.717) is 35.4 Å². The summed E-state index contributed by atoms with van der Waals surface area (Å²) in [6, 6.07) is 21.0. The molecule has 1 saturated heterocycles. The van der Waals surface area contributed by atoms with Crippen molar-refractivity contribution in [2.75, 3.05) is 18.9 Å². The van der Waals surface area contributed by atoms with Gasteiger partial charge in [-0.3, -0.25) is 0 Å². The van der Waals surface area contributed by atoms with Crippen molar-refractivity contribution in [2.45, 2.75) is 18.4 Å². The van der Waals surface area contributed by atoms with Crippen LogP contribution in [0, 0.1) is 0 Å². The zero-order valence-electron chi connectivity index (χ0n) is 18.2. The Morgan fingerprint density at radius 1 is 1.03 bits per heavy atom. The SMILES string of the molecule is Nc1ccc(-c2ccc(OC[C@H]3CO[C@](Cn4ccnc4)(c4ccc(Cl)cc4Cl)O3)cc2)cc1. The van der Waals surface area contributed by atoms with Crippen LogP contribution in [0.2, 0.25) is 10.0 Å². The largest absolute Gasteiger partial charge is 0.491 e. The smallest absolute Gasteiger partial charge is 0.215 e. The van der Waals surface area contributed by atoms with Crippen LogP contribution in [0.15, 0.2) is 85.5 Å². The summed E-state index contributed by atoms with van der Waals surface area (Å²) in [7, 11) is 0. The molecule has 1 aliphatic rings. The lowest BCUT2D eigenvalue weighted by Crippen LogP contribution is -2.34. The Balaban J connectivity index is 1.28. The Hall–Kier alpha value is -3.03. The standard InChI is InChI=1S/C26H23Cl2N3O3/c27-20-5-10-24(25(28)13-20)26(16-31-12-11-30-17-31)33-15-23(34-26)14-32-22-8-3-19(4-9-22)18-1-6-21(29)7-2-18/h1-13,17,23H,14-16,29H2/t23-,26-/m0/s1. The highest BCUT2D eigenvalue weighted by Gasteiger charge is 2.45. The maximum Gasteiger partial charge on any atom is 0.215 e. The maximum absolute atomic E-state index is 6.53. The van der Waals surface area contributed by atoms with Gasteiger partial charge >= 0.3 is 0 Å². The predicted octanol–water partition coefficient (Wildman–Crippen LogP) is 5.79. The monoisotopic (exact) mass is 495 g/mol. The molecule has 6 nitrogen and oxygen atoms in total. The van der Waals surface area contributed by atoms with Gasteiger partial charge in [0, 0.05) is 28.7 Å². The molecule has 0 amide bonds. The first-order valence-electron chi connectivity index (χ1n) is 10.8. The number of hydrogen-bond donors (Lipinski definition) is 1. The lowest BCUT2D eigenvalue weighted by atomic mass is 10.1. The van der Waals surface area contributed by atoms with Gasteiger partial charge in [0.15, 0.2) is 0 Å².